The summed E-state index contributed by atoms with van der Waals surface area (Å²) in [5.41, 5.74) is 0.714. The van der Waals surface area contributed by atoms with Gasteiger partial charge in [-0.15, -0.1) is 0 Å². The van der Waals surface area contributed by atoms with Crippen LogP contribution in [-0.4, -0.2) is 22.5 Å². The minimum atomic E-state index is -0.182. The smallest absolute Gasteiger partial charge is 0.147 e. The number of carbonyl (C=O) groups excluding carboxylic acids is 3. The van der Waals surface area contributed by atoms with Crippen LogP contribution in [0.3, 0.4) is 0 Å². The summed E-state index contributed by atoms with van der Waals surface area (Å²) in [6.45, 7) is 3.26. The number of ketones is 3. The van der Waals surface area contributed by atoms with E-state index in [1.54, 1.807) is 13.0 Å². The molecule has 1 heterocycles. The van der Waals surface area contributed by atoms with E-state index in [0.29, 0.717) is 24.3 Å². The molecule has 98 valence electrons. The maximum absolute atomic E-state index is 11.6. The van der Waals surface area contributed by atoms with E-state index in [0.717, 1.165) is 0 Å². The molecular weight excluding hydrogens is 234 g/mol. The monoisotopic (exact) mass is 251 g/mol. The number of aromatic nitrogens is 1. The van der Waals surface area contributed by atoms with Crippen molar-refractivity contribution in [2.24, 2.45) is 0 Å². The molecule has 0 amide bonds. The fourth-order valence-electron chi connectivity index (χ4n) is 1.60. The highest BCUT2D eigenvalue weighted by Crippen LogP contribution is 2.07. The van der Waals surface area contributed by atoms with Crippen LogP contribution in [0.2, 0.25) is 0 Å². The Morgan fingerprint density at radius 3 is 2.50 bits per heavy atom. The zero-order chi connectivity index (χ0) is 13.5. The van der Waals surface area contributed by atoms with Crippen molar-refractivity contribution >= 4 is 17.3 Å². The summed E-state index contributed by atoms with van der Waals surface area (Å²) < 4.78 is 4.90. The topological polar surface area (TPSA) is 77.2 Å². The molecule has 0 N–H and O–H groups in total. The summed E-state index contributed by atoms with van der Waals surface area (Å²) in [4.78, 5) is 33.7. The van der Waals surface area contributed by atoms with Crippen molar-refractivity contribution in [3.63, 3.8) is 0 Å². The molecule has 1 aromatic rings. The van der Waals surface area contributed by atoms with Crippen LogP contribution in [0.15, 0.2) is 10.6 Å². The Morgan fingerprint density at radius 1 is 1.22 bits per heavy atom. The molecule has 0 saturated heterocycles. The van der Waals surface area contributed by atoms with Crippen LogP contribution in [0.4, 0.5) is 0 Å². The minimum absolute atomic E-state index is 0.0614. The predicted molar refractivity (Wildman–Crippen MR) is 64.1 cm³/mol. The molecule has 1 rings (SSSR count). The molecule has 1 aromatic heterocycles. The molecule has 0 aliphatic carbocycles. The number of hydrogen-bond donors (Lipinski definition) is 0. The molecular formula is C13H17NO4. The fraction of sp³-hybridized carbons (Fsp3) is 0.538. The first-order valence-corrected chi connectivity index (χ1v) is 5.92. The number of hydrogen-bond acceptors (Lipinski definition) is 5. The van der Waals surface area contributed by atoms with Crippen molar-refractivity contribution in [3.05, 3.63) is 17.5 Å². The molecule has 0 saturated carbocycles. The maximum atomic E-state index is 11.6. The van der Waals surface area contributed by atoms with E-state index in [9.17, 15) is 14.4 Å². The second kappa shape index (κ2) is 6.83. The normalized spacial score (nSPS) is 10.3. The van der Waals surface area contributed by atoms with E-state index in [4.69, 9.17) is 4.52 Å². The van der Waals surface area contributed by atoms with Gasteiger partial charge in [-0.2, -0.15) is 0 Å². The first-order valence-electron chi connectivity index (χ1n) is 5.92. The molecule has 0 bridgehead atoms. The van der Waals surface area contributed by atoms with Crippen molar-refractivity contribution in [1.82, 2.24) is 5.16 Å². The van der Waals surface area contributed by atoms with Crippen LogP contribution in [0.25, 0.3) is 0 Å². The van der Waals surface area contributed by atoms with Crippen LogP contribution >= 0.6 is 0 Å². The van der Waals surface area contributed by atoms with E-state index < -0.39 is 0 Å². The van der Waals surface area contributed by atoms with Crippen LogP contribution < -0.4 is 0 Å². The standard InChI is InChI=1S/C13H17NO4/c1-9-6-13(18-14-9)8-12(17)7-11(16)5-3-4-10(2)15/h6H,3-5,7-8H2,1-2H3. The third-order valence-electron chi connectivity index (χ3n) is 2.43. The van der Waals surface area contributed by atoms with E-state index >= 15 is 0 Å². The second-order valence-corrected chi connectivity index (χ2v) is 4.42. The lowest BCUT2D eigenvalue weighted by molar-refractivity contribution is -0.126. The molecule has 0 fully saturated rings. The van der Waals surface area contributed by atoms with Gasteiger partial charge in [0.25, 0.3) is 0 Å². The van der Waals surface area contributed by atoms with Gasteiger partial charge in [-0.25, -0.2) is 0 Å². The molecule has 0 aliphatic rings. The van der Waals surface area contributed by atoms with Crippen LogP contribution in [0.5, 0.6) is 0 Å². The van der Waals surface area contributed by atoms with Crippen molar-refractivity contribution in [1.29, 1.82) is 0 Å². The lowest BCUT2D eigenvalue weighted by Gasteiger charge is -1.98. The van der Waals surface area contributed by atoms with E-state index in [1.807, 2.05) is 0 Å². The number of nitrogens with zero attached hydrogens (tertiary/aromatic N) is 1. The summed E-state index contributed by atoms with van der Waals surface area (Å²) in [6.07, 6.45) is 1.18. The lowest BCUT2D eigenvalue weighted by Crippen LogP contribution is -2.10. The Labute approximate surface area is 106 Å². The molecule has 0 unspecified atom stereocenters. The highest BCUT2D eigenvalue weighted by molar-refractivity contribution is 5.99. The molecule has 0 aromatic carbocycles. The first-order chi connectivity index (χ1) is 8.47. The molecule has 0 aliphatic heterocycles. The SMILES string of the molecule is CC(=O)CCCC(=O)CC(=O)Cc1cc(C)no1. The average Bonchev–Trinajstić information content (AvgIpc) is 2.62. The van der Waals surface area contributed by atoms with Gasteiger partial charge < -0.3 is 9.32 Å². The van der Waals surface area contributed by atoms with E-state index in [1.165, 1.54) is 6.92 Å². The van der Waals surface area contributed by atoms with Gasteiger partial charge in [0.1, 0.15) is 23.1 Å². The Kier molecular flexibility index (Phi) is 5.42. The average molecular weight is 251 g/mol. The van der Waals surface area contributed by atoms with Gasteiger partial charge in [0.15, 0.2) is 0 Å². The summed E-state index contributed by atoms with van der Waals surface area (Å²) >= 11 is 0. The van der Waals surface area contributed by atoms with Gasteiger partial charge in [-0.05, 0) is 20.3 Å². The van der Waals surface area contributed by atoms with Gasteiger partial charge in [0.2, 0.25) is 0 Å². The van der Waals surface area contributed by atoms with Crippen molar-refractivity contribution < 1.29 is 18.9 Å². The first kappa shape index (κ1) is 14.3. The third-order valence-corrected chi connectivity index (χ3v) is 2.43. The minimum Gasteiger partial charge on any atom is -0.361 e. The zero-order valence-corrected chi connectivity index (χ0v) is 10.7. The molecule has 0 atom stereocenters. The van der Waals surface area contributed by atoms with E-state index in [2.05, 4.69) is 5.16 Å². The Hall–Kier alpha value is -1.78. The van der Waals surface area contributed by atoms with Crippen LogP contribution in [0, 0.1) is 6.92 Å². The van der Waals surface area contributed by atoms with Gasteiger partial charge in [-0.3, -0.25) is 9.59 Å². The van der Waals surface area contributed by atoms with Gasteiger partial charge in [0, 0.05) is 18.9 Å². The van der Waals surface area contributed by atoms with Crippen LogP contribution in [0.1, 0.15) is 44.1 Å². The van der Waals surface area contributed by atoms with Crippen molar-refractivity contribution in [2.75, 3.05) is 0 Å². The predicted octanol–water partition coefficient (Wildman–Crippen LogP) is 1.81. The maximum Gasteiger partial charge on any atom is 0.147 e. The van der Waals surface area contributed by atoms with Crippen LogP contribution in [-0.2, 0) is 20.8 Å². The molecule has 0 radical (unpaired) electrons. The second-order valence-electron chi connectivity index (χ2n) is 4.42. The Morgan fingerprint density at radius 2 is 1.94 bits per heavy atom. The number of aryl methyl sites for hydroxylation is 1. The summed E-state index contributed by atoms with van der Waals surface area (Å²) in [7, 11) is 0. The summed E-state index contributed by atoms with van der Waals surface area (Å²) in [6, 6.07) is 1.68. The zero-order valence-electron chi connectivity index (χ0n) is 10.7. The molecule has 18 heavy (non-hydrogen) atoms. The van der Waals surface area contributed by atoms with Crippen molar-refractivity contribution in [3.8, 4) is 0 Å². The Bertz CT molecular complexity index is 448. The van der Waals surface area contributed by atoms with Gasteiger partial charge >= 0.3 is 0 Å². The summed E-state index contributed by atoms with van der Waals surface area (Å²) in [5, 5.41) is 3.67. The van der Waals surface area contributed by atoms with Crippen molar-refractivity contribution in [2.45, 2.75) is 46.0 Å². The Balaban J connectivity index is 2.27. The quantitative estimate of drug-likeness (QED) is 0.658. The number of rotatable bonds is 8. The molecule has 5 heteroatoms. The van der Waals surface area contributed by atoms with Gasteiger partial charge in [0.05, 0.1) is 18.5 Å². The largest absolute Gasteiger partial charge is 0.361 e. The molecule has 5 nitrogen and oxygen atoms in total. The highest BCUT2D eigenvalue weighted by atomic mass is 16.5. The fourth-order valence-corrected chi connectivity index (χ4v) is 1.60. The van der Waals surface area contributed by atoms with Gasteiger partial charge in [-0.1, -0.05) is 5.16 Å². The lowest BCUT2D eigenvalue weighted by atomic mass is 10.0. The summed E-state index contributed by atoms with van der Waals surface area (Å²) in [5.74, 6) is 0.233. The highest BCUT2D eigenvalue weighted by Gasteiger charge is 2.13. The number of Topliss-reactive ketones (excluding diaryl/α,β-unsaturated/α-hetero) is 3. The van der Waals surface area contributed by atoms with E-state index in [-0.39, 0.29) is 36.6 Å². The molecule has 0 spiro atoms. The number of carbonyl (C=O) groups is 3. The third kappa shape index (κ3) is 5.52.